The molecular formula is C15H20BrNO2. The highest BCUT2D eigenvalue weighted by molar-refractivity contribution is 9.08. The van der Waals surface area contributed by atoms with Crippen LogP contribution in [0.25, 0.3) is 0 Å². The number of carbonyl (C=O) groups is 1. The van der Waals surface area contributed by atoms with Crippen molar-refractivity contribution in [1.82, 2.24) is 4.90 Å². The molecule has 0 saturated carbocycles. The van der Waals surface area contributed by atoms with Crippen molar-refractivity contribution in [3.63, 3.8) is 0 Å². The van der Waals surface area contributed by atoms with Crippen LogP contribution in [-0.2, 0) is 10.1 Å². The van der Waals surface area contributed by atoms with E-state index in [1.807, 2.05) is 36.1 Å². The van der Waals surface area contributed by atoms with Gasteiger partial charge in [0.05, 0.1) is 18.8 Å². The van der Waals surface area contributed by atoms with E-state index >= 15 is 0 Å². The highest BCUT2D eigenvalue weighted by Crippen LogP contribution is 2.18. The van der Waals surface area contributed by atoms with E-state index in [0.29, 0.717) is 13.2 Å². The number of carbonyl (C=O) groups excluding carboxylic acids is 1. The van der Waals surface area contributed by atoms with Crippen LogP contribution in [0.3, 0.4) is 0 Å². The minimum atomic E-state index is 0.114. The molecule has 0 aromatic heterocycles. The highest BCUT2D eigenvalue weighted by atomic mass is 79.9. The summed E-state index contributed by atoms with van der Waals surface area (Å²) in [5.41, 5.74) is 1.94. The summed E-state index contributed by atoms with van der Waals surface area (Å²) in [7, 11) is 0. The zero-order valence-corrected chi connectivity index (χ0v) is 13.0. The predicted molar refractivity (Wildman–Crippen MR) is 79.6 cm³/mol. The van der Waals surface area contributed by atoms with Crippen molar-refractivity contribution in [2.75, 3.05) is 13.2 Å². The molecule has 1 aliphatic rings. The summed E-state index contributed by atoms with van der Waals surface area (Å²) in [6.07, 6.45) is 1.05. The number of morpholine rings is 1. The summed E-state index contributed by atoms with van der Waals surface area (Å²) in [4.78, 5) is 14.5. The minimum Gasteiger partial charge on any atom is -0.375 e. The van der Waals surface area contributed by atoms with Gasteiger partial charge in [-0.05, 0) is 31.0 Å². The molecule has 104 valence electrons. The Balaban J connectivity index is 2.15. The third kappa shape index (κ3) is 3.37. The number of benzene rings is 1. The molecule has 0 N–H and O–H groups in total. The SMILES string of the molecule is CCC1COC(C)CN1C(=O)c1ccc(CBr)cc1. The summed E-state index contributed by atoms with van der Waals surface area (Å²) < 4.78 is 5.63. The first-order valence-corrected chi connectivity index (χ1v) is 7.85. The van der Waals surface area contributed by atoms with Gasteiger partial charge >= 0.3 is 0 Å². The summed E-state index contributed by atoms with van der Waals surface area (Å²) in [6.45, 7) is 5.43. The number of hydrogen-bond acceptors (Lipinski definition) is 2. The monoisotopic (exact) mass is 325 g/mol. The summed E-state index contributed by atoms with van der Waals surface area (Å²) in [6, 6.07) is 8.00. The van der Waals surface area contributed by atoms with E-state index < -0.39 is 0 Å². The predicted octanol–water partition coefficient (Wildman–Crippen LogP) is 3.22. The first-order chi connectivity index (χ1) is 9.15. The minimum absolute atomic E-state index is 0.114. The van der Waals surface area contributed by atoms with Crippen LogP contribution in [0.2, 0.25) is 0 Å². The molecule has 19 heavy (non-hydrogen) atoms. The van der Waals surface area contributed by atoms with Gasteiger partial charge in [-0.25, -0.2) is 0 Å². The van der Waals surface area contributed by atoms with Crippen LogP contribution >= 0.6 is 15.9 Å². The fraction of sp³-hybridized carbons (Fsp3) is 0.533. The average molecular weight is 326 g/mol. The van der Waals surface area contributed by atoms with Crippen LogP contribution in [-0.4, -0.2) is 36.1 Å². The average Bonchev–Trinajstić information content (AvgIpc) is 2.46. The number of amides is 1. The zero-order chi connectivity index (χ0) is 13.8. The molecule has 0 aliphatic carbocycles. The molecular weight excluding hydrogens is 306 g/mol. The molecule has 1 amide bonds. The van der Waals surface area contributed by atoms with Crippen LogP contribution in [0.5, 0.6) is 0 Å². The van der Waals surface area contributed by atoms with Gasteiger partial charge in [-0.3, -0.25) is 4.79 Å². The van der Waals surface area contributed by atoms with Crippen LogP contribution in [0.1, 0.15) is 36.2 Å². The Bertz CT molecular complexity index is 432. The molecule has 1 aromatic rings. The summed E-state index contributed by atoms with van der Waals surface area (Å²) in [5.74, 6) is 0.114. The van der Waals surface area contributed by atoms with Crippen LogP contribution in [0, 0.1) is 0 Å². The van der Waals surface area contributed by atoms with E-state index in [4.69, 9.17) is 4.74 Å². The van der Waals surface area contributed by atoms with Crippen molar-refractivity contribution in [2.24, 2.45) is 0 Å². The second kappa shape index (κ2) is 6.53. The largest absolute Gasteiger partial charge is 0.375 e. The van der Waals surface area contributed by atoms with Gasteiger partial charge in [-0.2, -0.15) is 0 Å². The molecule has 0 bridgehead atoms. The fourth-order valence-electron chi connectivity index (χ4n) is 2.33. The maximum atomic E-state index is 12.6. The van der Waals surface area contributed by atoms with Crippen molar-refractivity contribution < 1.29 is 9.53 Å². The maximum Gasteiger partial charge on any atom is 0.254 e. The normalized spacial score (nSPS) is 23.4. The van der Waals surface area contributed by atoms with Crippen molar-refractivity contribution >= 4 is 21.8 Å². The van der Waals surface area contributed by atoms with E-state index in [1.54, 1.807) is 0 Å². The smallest absolute Gasteiger partial charge is 0.254 e. The first-order valence-electron chi connectivity index (χ1n) is 6.73. The van der Waals surface area contributed by atoms with Crippen molar-refractivity contribution in [3.8, 4) is 0 Å². The Kier molecular flexibility index (Phi) is 4.99. The van der Waals surface area contributed by atoms with Gasteiger partial charge in [0.15, 0.2) is 0 Å². The highest BCUT2D eigenvalue weighted by Gasteiger charge is 2.29. The van der Waals surface area contributed by atoms with E-state index in [-0.39, 0.29) is 18.1 Å². The lowest BCUT2D eigenvalue weighted by Crippen LogP contribution is -2.51. The second-order valence-corrected chi connectivity index (χ2v) is 5.55. The Hall–Kier alpha value is -0.870. The zero-order valence-electron chi connectivity index (χ0n) is 11.4. The second-order valence-electron chi connectivity index (χ2n) is 4.99. The third-order valence-corrected chi connectivity index (χ3v) is 4.20. The van der Waals surface area contributed by atoms with Crippen molar-refractivity contribution in [3.05, 3.63) is 35.4 Å². The van der Waals surface area contributed by atoms with E-state index in [2.05, 4.69) is 22.9 Å². The molecule has 2 atom stereocenters. The molecule has 1 aliphatic heterocycles. The number of alkyl halides is 1. The summed E-state index contributed by atoms with van der Waals surface area (Å²) >= 11 is 3.41. The van der Waals surface area contributed by atoms with Gasteiger partial charge < -0.3 is 9.64 Å². The van der Waals surface area contributed by atoms with Crippen LogP contribution in [0.15, 0.2) is 24.3 Å². The fourth-order valence-corrected chi connectivity index (χ4v) is 2.71. The van der Waals surface area contributed by atoms with Crippen molar-refractivity contribution in [2.45, 2.75) is 37.7 Å². The molecule has 0 radical (unpaired) electrons. The number of ether oxygens (including phenoxy) is 1. The lowest BCUT2D eigenvalue weighted by atomic mass is 10.1. The van der Waals surface area contributed by atoms with Gasteiger partial charge in [0, 0.05) is 17.4 Å². The van der Waals surface area contributed by atoms with Crippen molar-refractivity contribution in [1.29, 1.82) is 0 Å². The van der Waals surface area contributed by atoms with Gasteiger partial charge in [-0.15, -0.1) is 0 Å². The standard InChI is InChI=1S/C15H20BrNO2/c1-3-14-10-19-11(2)9-17(14)15(18)13-6-4-12(8-16)5-7-13/h4-7,11,14H,3,8-10H2,1-2H3. The van der Waals surface area contributed by atoms with E-state index in [9.17, 15) is 4.79 Å². The van der Waals surface area contributed by atoms with E-state index in [0.717, 1.165) is 17.3 Å². The Morgan fingerprint density at radius 2 is 2.11 bits per heavy atom. The number of halogens is 1. The molecule has 1 saturated heterocycles. The number of hydrogen-bond donors (Lipinski definition) is 0. The quantitative estimate of drug-likeness (QED) is 0.798. The first kappa shape index (κ1) is 14.5. The summed E-state index contributed by atoms with van der Waals surface area (Å²) in [5, 5.41) is 0.813. The topological polar surface area (TPSA) is 29.5 Å². The van der Waals surface area contributed by atoms with Crippen LogP contribution < -0.4 is 0 Å². The lowest BCUT2D eigenvalue weighted by molar-refractivity contribution is -0.0444. The van der Waals surface area contributed by atoms with Gasteiger partial charge in [0.1, 0.15) is 0 Å². The van der Waals surface area contributed by atoms with Gasteiger partial charge in [0.25, 0.3) is 5.91 Å². The Morgan fingerprint density at radius 3 is 2.68 bits per heavy atom. The Labute approximate surface area is 123 Å². The maximum absolute atomic E-state index is 12.6. The molecule has 1 aromatic carbocycles. The molecule has 2 unspecified atom stereocenters. The molecule has 0 spiro atoms. The molecule has 4 heteroatoms. The number of rotatable bonds is 3. The van der Waals surface area contributed by atoms with Gasteiger partial charge in [0.2, 0.25) is 0 Å². The molecule has 1 heterocycles. The molecule has 3 nitrogen and oxygen atoms in total. The van der Waals surface area contributed by atoms with Crippen LogP contribution in [0.4, 0.5) is 0 Å². The molecule has 1 fully saturated rings. The number of nitrogens with zero attached hydrogens (tertiary/aromatic N) is 1. The van der Waals surface area contributed by atoms with Gasteiger partial charge in [-0.1, -0.05) is 35.0 Å². The third-order valence-electron chi connectivity index (χ3n) is 3.56. The van der Waals surface area contributed by atoms with E-state index in [1.165, 1.54) is 5.56 Å². The molecule has 2 rings (SSSR count). The Morgan fingerprint density at radius 1 is 1.42 bits per heavy atom. The lowest BCUT2D eigenvalue weighted by Gasteiger charge is -2.38.